The Morgan fingerprint density at radius 1 is 1.44 bits per heavy atom. The first-order valence-corrected chi connectivity index (χ1v) is 5.50. The van der Waals surface area contributed by atoms with Crippen LogP contribution in [0.3, 0.4) is 0 Å². The Balaban J connectivity index is 2.07. The molecule has 4 heteroatoms. The first-order chi connectivity index (χ1) is 7.79. The van der Waals surface area contributed by atoms with Crippen LogP contribution in [0.5, 0.6) is 5.75 Å². The minimum Gasteiger partial charge on any atom is -0.490 e. The smallest absolute Gasteiger partial charge is 0.124 e. The molecule has 0 atom stereocenters. The molecule has 1 aliphatic carbocycles. The minimum atomic E-state index is -0.256. The number of hydroxylamine groups is 1. The number of halogens is 1. The second-order valence-corrected chi connectivity index (χ2v) is 3.95. The highest BCUT2D eigenvalue weighted by Gasteiger charge is 2.20. The third-order valence-corrected chi connectivity index (χ3v) is 2.78. The van der Waals surface area contributed by atoms with Crippen molar-refractivity contribution in [3.8, 4) is 5.75 Å². The zero-order chi connectivity index (χ0) is 11.4. The lowest BCUT2D eigenvalue weighted by Crippen LogP contribution is -2.25. The predicted octanol–water partition coefficient (Wildman–Crippen LogP) is 2.41. The Morgan fingerprint density at radius 3 is 2.88 bits per heavy atom. The van der Waals surface area contributed by atoms with Gasteiger partial charge < -0.3 is 9.57 Å². The van der Waals surface area contributed by atoms with Crippen LogP contribution >= 0.6 is 0 Å². The van der Waals surface area contributed by atoms with E-state index in [2.05, 4.69) is 5.48 Å². The third kappa shape index (κ3) is 2.71. The van der Waals surface area contributed by atoms with E-state index < -0.39 is 0 Å². The van der Waals surface area contributed by atoms with Gasteiger partial charge in [0.05, 0.1) is 13.2 Å². The monoisotopic (exact) mass is 225 g/mol. The average Bonchev–Trinajstić information content (AvgIpc) is 2.22. The molecule has 88 valence electrons. The van der Waals surface area contributed by atoms with Crippen molar-refractivity contribution in [2.75, 3.05) is 7.11 Å². The van der Waals surface area contributed by atoms with E-state index in [9.17, 15) is 4.39 Å². The molecular weight excluding hydrogens is 209 g/mol. The molecule has 0 bridgehead atoms. The van der Waals surface area contributed by atoms with Crippen LogP contribution in [0, 0.1) is 5.82 Å². The summed E-state index contributed by atoms with van der Waals surface area (Å²) in [6.07, 6.45) is 3.70. The standard InChI is InChI=1S/C12H16FNO2/c1-15-14-8-9-7-10(13)5-6-12(9)16-11-3-2-4-11/h5-7,11,14H,2-4,8H2,1H3. The van der Waals surface area contributed by atoms with Crippen molar-refractivity contribution in [2.45, 2.75) is 31.9 Å². The largest absolute Gasteiger partial charge is 0.490 e. The van der Waals surface area contributed by atoms with E-state index in [0.717, 1.165) is 24.2 Å². The van der Waals surface area contributed by atoms with Crippen molar-refractivity contribution in [3.63, 3.8) is 0 Å². The lowest BCUT2D eigenvalue weighted by molar-refractivity contribution is 0.0828. The fraction of sp³-hybridized carbons (Fsp3) is 0.500. The van der Waals surface area contributed by atoms with Gasteiger partial charge in [0, 0.05) is 12.1 Å². The van der Waals surface area contributed by atoms with E-state index in [4.69, 9.17) is 9.57 Å². The zero-order valence-electron chi connectivity index (χ0n) is 9.33. The number of hydrogen-bond acceptors (Lipinski definition) is 3. The fourth-order valence-electron chi connectivity index (χ4n) is 1.62. The molecule has 0 aromatic heterocycles. The van der Waals surface area contributed by atoms with Gasteiger partial charge in [0.2, 0.25) is 0 Å². The topological polar surface area (TPSA) is 30.5 Å². The van der Waals surface area contributed by atoms with Crippen LogP contribution in [-0.4, -0.2) is 13.2 Å². The number of nitrogens with one attached hydrogen (secondary N) is 1. The molecule has 1 saturated carbocycles. The molecule has 0 radical (unpaired) electrons. The first kappa shape index (κ1) is 11.4. The molecule has 0 amide bonds. The van der Waals surface area contributed by atoms with Crippen LogP contribution in [0.4, 0.5) is 4.39 Å². The Labute approximate surface area is 94.5 Å². The van der Waals surface area contributed by atoms with E-state index in [-0.39, 0.29) is 5.82 Å². The molecule has 1 aromatic carbocycles. The van der Waals surface area contributed by atoms with Crippen LogP contribution in [0.1, 0.15) is 24.8 Å². The van der Waals surface area contributed by atoms with Gasteiger partial charge in [0.25, 0.3) is 0 Å². The highest BCUT2D eigenvalue weighted by atomic mass is 19.1. The van der Waals surface area contributed by atoms with Gasteiger partial charge in [-0.2, -0.15) is 5.48 Å². The highest BCUT2D eigenvalue weighted by molar-refractivity contribution is 5.34. The molecule has 0 spiro atoms. The second kappa shape index (κ2) is 5.27. The molecule has 1 fully saturated rings. The maximum atomic E-state index is 13.1. The van der Waals surface area contributed by atoms with Crippen molar-refractivity contribution < 1.29 is 14.0 Å². The van der Waals surface area contributed by atoms with Gasteiger partial charge in [0.15, 0.2) is 0 Å². The summed E-state index contributed by atoms with van der Waals surface area (Å²) < 4.78 is 18.9. The van der Waals surface area contributed by atoms with Gasteiger partial charge in [-0.3, -0.25) is 0 Å². The van der Waals surface area contributed by atoms with Crippen LogP contribution in [0.25, 0.3) is 0 Å². The summed E-state index contributed by atoms with van der Waals surface area (Å²) in [6.45, 7) is 0.441. The number of hydrogen-bond donors (Lipinski definition) is 1. The molecule has 0 unspecified atom stereocenters. The molecule has 1 aliphatic rings. The molecule has 2 rings (SSSR count). The third-order valence-electron chi connectivity index (χ3n) is 2.78. The average molecular weight is 225 g/mol. The minimum absolute atomic E-state index is 0.256. The fourth-order valence-corrected chi connectivity index (χ4v) is 1.62. The summed E-state index contributed by atoms with van der Waals surface area (Å²) in [5.74, 6) is 0.490. The number of benzene rings is 1. The summed E-state index contributed by atoms with van der Waals surface area (Å²) in [5, 5.41) is 0. The van der Waals surface area contributed by atoms with Crippen LogP contribution in [-0.2, 0) is 11.4 Å². The molecule has 16 heavy (non-hydrogen) atoms. The van der Waals surface area contributed by atoms with Gasteiger partial charge in [-0.05, 0) is 37.5 Å². The molecule has 0 heterocycles. The molecule has 0 saturated heterocycles. The Bertz CT molecular complexity index is 353. The SMILES string of the molecule is CONCc1cc(F)ccc1OC1CCC1. The summed E-state index contributed by atoms with van der Waals surface area (Å²) in [7, 11) is 1.53. The zero-order valence-corrected chi connectivity index (χ0v) is 9.33. The van der Waals surface area contributed by atoms with Crippen LogP contribution < -0.4 is 10.2 Å². The van der Waals surface area contributed by atoms with Gasteiger partial charge in [-0.15, -0.1) is 0 Å². The Hall–Kier alpha value is -1.13. The lowest BCUT2D eigenvalue weighted by atomic mass is 9.96. The van der Waals surface area contributed by atoms with Crippen molar-refractivity contribution >= 4 is 0 Å². The Morgan fingerprint density at radius 2 is 2.25 bits per heavy atom. The maximum absolute atomic E-state index is 13.1. The van der Waals surface area contributed by atoms with Crippen molar-refractivity contribution in [2.24, 2.45) is 0 Å². The molecule has 1 aromatic rings. The summed E-state index contributed by atoms with van der Waals surface area (Å²) in [6, 6.07) is 4.57. The molecule has 3 nitrogen and oxygen atoms in total. The van der Waals surface area contributed by atoms with Crippen LogP contribution in [0.2, 0.25) is 0 Å². The normalized spacial score (nSPS) is 15.9. The predicted molar refractivity (Wildman–Crippen MR) is 58.5 cm³/mol. The summed E-state index contributed by atoms with van der Waals surface area (Å²) >= 11 is 0. The van der Waals surface area contributed by atoms with Gasteiger partial charge in [-0.1, -0.05) is 0 Å². The van der Waals surface area contributed by atoms with E-state index in [0.29, 0.717) is 12.6 Å². The van der Waals surface area contributed by atoms with Gasteiger partial charge >= 0.3 is 0 Å². The van der Waals surface area contributed by atoms with Crippen molar-refractivity contribution in [3.05, 3.63) is 29.6 Å². The lowest BCUT2D eigenvalue weighted by Gasteiger charge is -2.27. The van der Waals surface area contributed by atoms with Gasteiger partial charge in [0.1, 0.15) is 11.6 Å². The molecular formula is C12H16FNO2. The van der Waals surface area contributed by atoms with E-state index in [1.807, 2.05) is 0 Å². The Kier molecular flexibility index (Phi) is 3.74. The van der Waals surface area contributed by atoms with Crippen molar-refractivity contribution in [1.29, 1.82) is 0 Å². The first-order valence-electron chi connectivity index (χ1n) is 5.50. The van der Waals surface area contributed by atoms with E-state index >= 15 is 0 Å². The molecule has 1 N–H and O–H groups in total. The highest BCUT2D eigenvalue weighted by Crippen LogP contribution is 2.28. The van der Waals surface area contributed by atoms with Gasteiger partial charge in [-0.25, -0.2) is 4.39 Å². The summed E-state index contributed by atoms with van der Waals surface area (Å²) in [4.78, 5) is 4.76. The quantitative estimate of drug-likeness (QED) is 0.780. The van der Waals surface area contributed by atoms with Crippen molar-refractivity contribution in [1.82, 2.24) is 5.48 Å². The van der Waals surface area contributed by atoms with E-state index in [1.54, 1.807) is 6.07 Å². The van der Waals surface area contributed by atoms with Crippen LogP contribution in [0.15, 0.2) is 18.2 Å². The molecule has 0 aliphatic heterocycles. The number of ether oxygens (including phenoxy) is 1. The summed E-state index contributed by atoms with van der Waals surface area (Å²) in [5.41, 5.74) is 3.48. The maximum Gasteiger partial charge on any atom is 0.124 e. The second-order valence-electron chi connectivity index (χ2n) is 3.95. The van der Waals surface area contributed by atoms with E-state index in [1.165, 1.54) is 25.7 Å². The number of rotatable bonds is 5.